The Balaban J connectivity index is 1.68. The van der Waals surface area contributed by atoms with Crippen molar-refractivity contribution in [3.63, 3.8) is 0 Å². The molecule has 3 aromatic rings. The number of nitrogens with one attached hydrogen (secondary N) is 2. The fourth-order valence-corrected chi connectivity index (χ4v) is 4.81. The van der Waals surface area contributed by atoms with Gasteiger partial charge in [-0.1, -0.05) is 30.3 Å². The van der Waals surface area contributed by atoms with Crippen molar-refractivity contribution in [2.24, 2.45) is 0 Å². The van der Waals surface area contributed by atoms with Crippen LogP contribution in [0.25, 0.3) is 0 Å². The average Bonchev–Trinajstić information content (AvgIpc) is 3.05. The largest absolute Gasteiger partial charge is 0.463 e. The number of hydrogen-bond donors (Lipinski definition) is 2. The molecule has 0 aliphatic carbocycles. The highest BCUT2D eigenvalue weighted by Crippen LogP contribution is 2.32. The number of ether oxygens (including phenoxy) is 5. The number of esters is 3. The van der Waals surface area contributed by atoms with E-state index in [1.807, 2.05) is 0 Å². The third-order valence-corrected chi connectivity index (χ3v) is 6.90. The van der Waals surface area contributed by atoms with Crippen LogP contribution in [0, 0.1) is 10.1 Å². The Morgan fingerprint density at radius 3 is 2.14 bits per heavy atom. The van der Waals surface area contributed by atoms with Gasteiger partial charge in [-0.2, -0.15) is 4.98 Å². The van der Waals surface area contributed by atoms with Gasteiger partial charge in [-0.15, -0.1) is 0 Å². The minimum atomic E-state index is -1.54. The number of hydrogen-bond acceptors (Lipinski definition) is 14. The minimum absolute atomic E-state index is 0.0412. The van der Waals surface area contributed by atoms with Gasteiger partial charge in [0.15, 0.2) is 18.4 Å². The van der Waals surface area contributed by atoms with Crippen LogP contribution in [0.5, 0.6) is 0 Å². The summed E-state index contributed by atoms with van der Waals surface area (Å²) in [6.07, 6.45) is -5.68. The number of alkyl carbamates (subject to hydrolysis) is 1. The number of aromatic nitrogens is 2. The Hall–Kier alpha value is -6.17. The van der Waals surface area contributed by atoms with Crippen LogP contribution in [-0.2, 0) is 44.7 Å². The predicted octanol–water partition coefficient (Wildman–Crippen LogP) is 2.02. The van der Waals surface area contributed by atoms with E-state index in [0.29, 0.717) is 5.56 Å². The smallest absolute Gasteiger partial charge is 0.407 e. The normalized spacial score (nSPS) is 19.9. The molecule has 1 aromatic heterocycles. The zero-order valence-electron chi connectivity index (χ0n) is 26.3. The Morgan fingerprint density at radius 1 is 0.898 bits per heavy atom. The number of carbonyl (C=O) groups excluding carboxylic acids is 5. The van der Waals surface area contributed by atoms with E-state index in [2.05, 4.69) is 15.6 Å². The number of benzene rings is 2. The van der Waals surface area contributed by atoms with Crippen LogP contribution in [0.2, 0.25) is 0 Å². The highest BCUT2D eigenvalue weighted by Gasteiger charge is 2.52. The Labute approximate surface area is 277 Å². The summed E-state index contributed by atoms with van der Waals surface area (Å²) in [6, 6.07) is 13.1. The minimum Gasteiger partial charge on any atom is -0.463 e. The summed E-state index contributed by atoms with van der Waals surface area (Å²) >= 11 is 0. The molecular weight excluding hydrogens is 650 g/mol. The fraction of sp³-hybridized carbons (Fsp3) is 0.323. The molecule has 18 heteroatoms. The first-order chi connectivity index (χ1) is 23.3. The zero-order chi connectivity index (χ0) is 35.7. The molecule has 2 N–H and O–H groups in total. The first-order valence-electron chi connectivity index (χ1n) is 14.6. The zero-order valence-corrected chi connectivity index (χ0v) is 26.3. The van der Waals surface area contributed by atoms with Crippen LogP contribution in [0.1, 0.15) is 42.9 Å². The maximum atomic E-state index is 13.4. The topological polar surface area (TPSA) is 234 Å². The molecule has 2 amide bonds. The first kappa shape index (κ1) is 35.7. The highest BCUT2D eigenvalue weighted by atomic mass is 16.6. The molecule has 0 spiro atoms. The quantitative estimate of drug-likeness (QED) is 0.128. The molecule has 4 rings (SSSR count). The number of anilines is 1. The SMILES string of the molecule is CC(=O)OC[C@H]1O[C@@H](n2ccc(NC(=O)c3ccc([N+](=O)[O-])cc3)nc2=O)[C@H](NC(=O)OCc2ccccc2)[C@@H](OC(C)=O)[C@@H]1OC(C)=O. The van der Waals surface area contributed by atoms with Gasteiger partial charge in [0.05, 0.1) is 4.92 Å². The third kappa shape index (κ3) is 9.67. The van der Waals surface area contributed by atoms with Gasteiger partial charge in [0.1, 0.15) is 31.2 Å². The van der Waals surface area contributed by atoms with Gasteiger partial charge in [-0.05, 0) is 23.8 Å². The summed E-state index contributed by atoms with van der Waals surface area (Å²) in [5.74, 6) is -3.34. The summed E-state index contributed by atoms with van der Waals surface area (Å²) in [5.41, 5.74) is -0.558. The molecule has 0 unspecified atom stereocenters. The molecule has 0 bridgehead atoms. The Bertz CT molecular complexity index is 1760. The van der Waals surface area contributed by atoms with Gasteiger partial charge >= 0.3 is 29.7 Å². The molecule has 49 heavy (non-hydrogen) atoms. The fourth-order valence-electron chi connectivity index (χ4n) is 4.81. The number of nitro groups is 1. The highest BCUT2D eigenvalue weighted by molar-refractivity contribution is 6.03. The lowest BCUT2D eigenvalue weighted by Crippen LogP contribution is -2.65. The predicted molar refractivity (Wildman–Crippen MR) is 165 cm³/mol. The lowest BCUT2D eigenvalue weighted by atomic mass is 9.95. The molecule has 18 nitrogen and oxygen atoms in total. The molecule has 2 heterocycles. The molecule has 0 radical (unpaired) electrons. The van der Waals surface area contributed by atoms with Gasteiger partial charge in [0.2, 0.25) is 0 Å². The average molecular weight is 682 g/mol. The summed E-state index contributed by atoms with van der Waals surface area (Å²) in [4.78, 5) is 89.5. The van der Waals surface area contributed by atoms with Crippen LogP contribution >= 0.6 is 0 Å². The second kappa shape index (κ2) is 16.1. The second-order valence-corrected chi connectivity index (χ2v) is 10.5. The van der Waals surface area contributed by atoms with Gasteiger partial charge < -0.3 is 34.3 Å². The number of carbonyl (C=O) groups is 5. The van der Waals surface area contributed by atoms with Crippen LogP contribution in [0.4, 0.5) is 16.3 Å². The van der Waals surface area contributed by atoms with Crippen molar-refractivity contribution in [3.8, 4) is 0 Å². The van der Waals surface area contributed by atoms with Gasteiger partial charge in [0, 0.05) is 44.7 Å². The third-order valence-electron chi connectivity index (χ3n) is 6.90. The molecule has 1 aliphatic heterocycles. The molecule has 258 valence electrons. The van der Waals surface area contributed by atoms with Crippen LogP contribution in [0.3, 0.4) is 0 Å². The maximum Gasteiger partial charge on any atom is 0.407 e. The number of rotatable bonds is 11. The van der Waals surface area contributed by atoms with E-state index < -0.39 is 77.7 Å². The van der Waals surface area contributed by atoms with E-state index in [1.54, 1.807) is 30.3 Å². The van der Waals surface area contributed by atoms with Crippen molar-refractivity contribution >= 4 is 41.4 Å². The van der Waals surface area contributed by atoms with Gasteiger partial charge in [-0.3, -0.25) is 33.9 Å². The van der Waals surface area contributed by atoms with Crippen molar-refractivity contribution < 1.29 is 52.6 Å². The summed E-state index contributed by atoms with van der Waals surface area (Å²) in [5, 5.41) is 15.9. The number of nitro benzene ring substituents is 1. The summed E-state index contributed by atoms with van der Waals surface area (Å²) < 4.78 is 28.4. The van der Waals surface area contributed by atoms with Crippen molar-refractivity contribution in [2.45, 2.75) is 58.0 Å². The molecule has 0 saturated carbocycles. The molecule has 1 fully saturated rings. The molecule has 5 atom stereocenters. The van der Waals surface area contributed by atoms with E-state index in [0.717, 1.165) is 43.7 Å². The lowest BCUT2D eigenvalue weighted by molar-refractivity contribution is -0.384. The second-order valence-electron chi connectivity index (χ2n) is 10.5. The Kier molecular flexibility index (Phi) is 11.7. The number of nitrogens with zero attached hydrogens (tertiary/aromatic N) is 3. The van der Waals surface area contributed by atoms with Crippen molar-refractivity contribution in [1.29, 1.82) is 0 Å². The van der Waals surface area contributed by atoms with Crippen LogP contribution in [-0.4, -0.2) is 75.3 Å². The van der Waals surface area contributed by atoms with Crippen LogP contribution in [0.15, 0.2) is 71.7 Å². The van der Waals surface area contributed by atoms with Crippen molar-refractivity contribution in [3.05, 3.63) is 98.6 Å². The van der Waals surface area contributed by atoms with E-state index >= 15 is 0 Å². The number of non-ortho nitro benzene ring substituents is 1. The van der Waals surface area contributed by atoms with Crippen LogP contribution < -0.4 is 16.3 Å². The first-order valence-corrected chi connectivity index (χ1v) is 14.6. The van der Waals surface area contributed by atoms with E-state index in [1.165, 1.54) is 18.2 Å². The van der Waals surface area contributed by atoms with Crippen molar-refractivity contribution in [1.82, 2.24) is 14.9 Å². The standard InChI is InChI=1S/C31H31N5O13/c1-17(37)45-16-23-26(47-18(2)38)27(48-19(3)39)25(34-31(42)46-15-20-7-5-4-6-8-20)29(49-23)35-14-13-24(33-30(35)41)32-28(40)21-9-11-22(12-10-21)36(43)44/h4-14,23,25-27,29H,15-16H2,1-3H3,(H,34,42)(H,32,33,40,41)/t23-,25-,26-,27-,29-/m1/s1. The van der Waals surface area contributed by atoms with E-state index in [9.17, 15) is 38.9 Å². The molecule has 2 aromatic carbocycles. The molecule has 1 saturated heterocycles. The van der Waals surface area contributed by atoms with E-state index in [4.69, 9.17) is 23.7 Å². The van der Waals surface area contributed by atoms with E-state index in [-0.39, 0.29) is 23.7 Å². The van der Waals surface area contributed by atoms with Gasteiger partial charge in [0.25, 0.3) is 11.6 Å². The molecular formula is C31H31N5O13. The van der Waals surface area contributed by atoms with Gasteiger partial charge in [-0.25, -0.2) is 9.59 Å². The maximum absolute atomic E-state index is 13.4. The summed E-state index contributed by atoms with van der Waals surface area (Å²) in [6.45, 7) is 2.59. The summed E-state index contributed by atoms with van der Waals surface area (Å²) in [7, 11) is 0. The van der Waals surface area contributed by atoms with Crippen molar-refractivity contribution in [2.75, 3.05) is 11.9 Å². The monoisotopic (exact) mass is 681 g/mol. The Morgan fingerprint density at radius 2 is 1.55 bits per heavy atom. The number of amides is 2. The molecule has 1 aliphatic rings. The lowest BCUT2D eigenvalue weighted by Gasteiger charge is -2.45.